The van der Waals surface area contributed by atoms with Crippen LogP contribution in [0.1, 0.15) is 51.2 Å². The molecule has 2 rings (SSSR count). The van der Waals surface area contributed by atoms with Crippen LogP contribution >= 0.6 is 0 Å². The maximum Gasteiger partial charge on any atom is 0.324 e. The minimum absolute atomic E-state index is 0.0726. The molecule has 10 heteroatoms. The maximum absolute atomic E-state index is 13.4. The van der Waals surface area contributed by atoms with Crippen LogP contribution in [0.5, 0.6) is 5.75 Å². The lowest BCUT2D eigenvalue weighted by molar-refractivity contribution is -0.161. The molecule has 0 aliphatic rings. The lowest BCUT2D eigenvalue weighted by atomic mass is 9.81. The van der Waals surface area contributed by atoms with Gasteiger partial charge in [-0.2, -0.15) is 5.10 Å². The van der Waals surface area contributed by atoms with Crippen molar-refractivity contribution in [3.8, 4) is 5.75 Å². The number of hydrogen-bond donors (Lipinski definition) is 1. The third-order valence-electron chi connectivity index (χ3n) is 5.36. The minimum atomic E-state index is -1.79. The number of hydrogen-bond acceptors (Lipinski definition) is 8. The summed E-state index contributed by atoms with van der Waals surface area (Å²) in [6, 6.07) is 6.75. The van der Waals surface area contributed by atoms with E-state index in [1.807, 2.05) is 0 Å². The summed E-state index contributed by atoms with van der Waals surface area (Å²) < 4.78 is 25.0. The molecular formula is C25H32FN3O6. The van der Waals surface area contributed by atoms with Gasteiger partial charge >= 0.3 is 5.97 Å². The Morgan fingerprint density at radius 2 is 1.89 bits per heavy atom. The molecule has 0 fully saturated rings. The molecule has 0 aliphatic heterocycles. The van der Waals surface area contributed by atoms with Crippen molar-refractivity contribution >= 4 is 17.5 Å². The van der Waals surface area contributed by atoms with Gasteiger partial charge in [-0.15, -0.1) is 0 Å². The third-order valence-corrected chi connectivity index (χ3v) is 5.36. The Hall–Kier alpha value is -3.40. The lowest BCUT2D eigenvalue weighted by Crippen LogP contribution is -2.50. The fraction of sp³-hybridized carbons (Fsp3) is 0.480. The number of alkyl halides is 1. The lowest BCUT2D eigenvalue weighted by Gasteiger charge is -2.27. The van der Waals surface area contributed by atoms with E-state index >= 15 is 0 Å². The molecule has 0 saturated carbocycles. The topological polar surface area (TPSA) is 131 Å². The van der Waals surface area contributed by atoms with Gasteiger partial charge in [-0.25, -0.2) is 9.07 Å². The van der Waals surface area contributed by atoms with E-state index in [9.17, 15) is 23.6 Å². The number of benzene rings is 1. The molecule has 35 heavy (non-hydrogen) atoms. The zero-order chi connectivity index (χ0) is 26.3. The second kappa shape index (κ2) is 11.8. The van der Waals surface area contributed by atoms with E-state index in [0.717, 1.165) is 5.56 Å². The maximum atomic E-state index is 13.4. The van der Waals surface area contributed by atoms with Crippen molar-refractivity contribution in [1.82, 2.24) is 9.78 Å². The highest BCUT2D eigenvalue weighted by atomic mass is 19.1. The highest BCUT2D eigenvalue weighted by Gasteiger charge is 2.42. The molecule has 190 valence electrons. The molecule has 1 aromatic heterocycles. The number of carbonyl (C=O) groups excluding carboxylic acids is 3. The summed E-state index contributed by atoms with van der Waals surface area (Å²) in [6.07, 6.45) is 1.49. The van der Waals surface area contributed by atoms with Crippen LogP contribution in [0, 0.1) is 5.92 Å². The summed E-state index contributed by atoms with van der Waals surface area (Å²) in [5.41, 5.74) is 5.27. The van der Waals surface area contributed by atoms with E-state index in [-0.39, 0.29) is 18.5 Å². The van der Waals surface area contributed by atoms with Crippen LogP contribution in [0.4, 0.5) is 4.39 Å². The normalized spacial score (nSPS) is 14.0. The summed E-state index contributed by atoms with van der Waals surface area (Å²) in [4.78, 5) is 51.5. The van der Waals surface area contributed by atoms with Crippen LogP contribution < -0.4 is 16.0 Å². The van der Waals surface area contributed by atoms with Gasteiger partial charge in [0.25, 0.3) is 5.56 Å². The molecule has 0 spiro atoms. The summed E-state index contributed by atoms with van der Waals surface area (Å²) in [5.74, 6) is -5.24. The van der Waals surface area contributed by atoms with Gasteiger partial charge in [0, 0.05) is 17.7 Å². The molecular weight excluding hydrogens is 457 g/mol. The van der Waals surface area contributed by atoms with Crippen molar-refractivity contribution in [1.29, 1.82) is 0 Å². The number of nitrogens with zero attached hydrogens (tertiary/aromatic N) is 2. The van der Waals surface area contributed by atoms with Crippen LogP contribution in [-0.4, -0.2) is 52.7 Å². The number of nitrogens with two attached hydrogens (primary N) is 1. The highest BCUT2D eigenvalue weighted by molar-refractivity contribution is 6.09. The quantitative estimate of drug-likeness (QED) is 0.375. The Balaban J connectivity index is 2.42. The van der Waals surface area contributed by atoms with Crippen LogP contribution in [0.25, 0.3) is 0 Å². The zero-order valence-electron chi connectivity index (χ0n) is 20.6. The van der Waals surface area contributed by atoms with E-state index < -0.39 is 53.2 Å². The Kier molecular flexibility index (Phi) is 9.41. The van der Waals surface area contributed by atoms with Crippen LogP contribution in [0.3, 0.4) is 0 Å². The van der Waals surface area contributed by atoms with Gasteiger partial charge in [0.15, 0.2) is 11.6 Å². The van der Waals surface area contributed by atoms with Gasteiger partial charge in [0.2, 0.25) is 0 Å². The number of esters is 1. The van der Waals surface area contributed by atoms with E-state index in [1.54, 1.807) is 52.0 Å². The molecule has 2 aromatic rings. The molecule has 1 aromatic carbocycles. The molecule has 3 unspecified atom stereocenters. The van der Waals surface area contributed by atoms with Gasteiger partial charge in [0.1, 0.15) is 30.0 Å². The molecule has 1 heterocycles. The Labute approximate surface area is 203 Å². The van der Waals surface area contributed by atoms with E-state index in [1.165, 1.54) is 24.1 Å². The molecule has 0 bridgehead atoms. The molecule has 0 saturated heterocycles. The van der Waals surface area contributed by atoms with Crippen LogP contribution in [-0.2, 0) is 25.7 Å². The molecule has 0 amide bonds. The van der Waals surface area contributed by atoms with Gasteiger partial charge in [-0.05, 0) is 51.0 Å². The predicted molar refractivity (Wildman–Crippen MR) is 127 cm³/mol. The molecule has 9 nitrogen and oxygen atoms in total. The molecule has 3 atom stereocenters. The average Bonchev–Trinajstić information content (AvgIpc) is 2.80. The molecule has 0 aliphatic carbocycles. The van der Waals surface area contributed by atoms with Crippen LogP contribution in [0.15, 0.2) is 41.3 Å². The fourth-order valence-electron chi connectivity index (χ4n) is 3.70. The summed E-state index contributed by atoms with van der Waals surface area (Å²) in [7, 11) is 1.53. The first-order valence-electron chi connectivity index (χ1n) is 11.2. The fourth-order valence-corrected chi connectivity index (χ4v) is 3.70. The average molecular weight is 490 g/mol. The van der Waals surface area contributed by atoms with Gasteiger partial charge in [0.05, 0.1) is 13.7 Å². The van der Waals surface area contributed by atoms with E-state index in [0.29, 0.717) is 5.75 Å². The number of rotatable bonds is 11. The highest BCUT2D eigenvalue weighted by Crippen LogP contribution is 2.25. The summed E-state index contributed by atoms with van der Waals surface area (Å²) in [6.45, 7) is 5.06. The first-order valence-corrected chi connectivity index (χ1v) is 11.2. The van der Waals surface area contributed by atoms with Crippen molar-refractivity contribution in [3.63, 3.8) is 0 Å². The monoisotopic (exact) mass is 489 g/mol. The second-order valence-electron chi connectivity index (χ2n) is 9.10. The molecule has 0 radical (unpaired) electrons. The first-order chi connectivity index (χ1) is 16.4. The summed E-state index contributed by atoms with van der Waals surface area (Å²) in [5, 5.41) is 4.09. The second-order valence-corrected chi connectivity index (χ2v) is 9.10. The predicted octanol–water partition coefficient (Wildman–Crippen LogP) is 2.19. The minimum Gasteiger partial charge on any atom is -0.497 e. The number of ether oxygens (including phenoxy) is 2. The van der Waals surface area contributed by atoms with Crippen molar-refractivity contribution in [3.05, 3.63) is 58.0 Å². The van der Waals surface area contributed by atoms with Crippen molar-refractivity contribution < 1.29 is 28.2 Å². The van der Waals surface area contributed by atoms with E-state index in [4.69, 9.17) is 15.2 Å². The van der Waals surface area contributed by atoms with Crippen molar-refractivity contribution in [2.45, 2.75) is 58.2 Å². The van der Waals surface area contributed by atoms with Crippen molar-refractivity contribution in [2.24, 2.45) is 11.7 Å². The third kappa shape index (κ3) is 7.05. The number of methoxy groups -OCH3 is 1. The van der Waals surface area contributed by atoms with Gasteiger partial charge < -0.3 is 15.2 Å². The number of carbonyl (C=O) groups is 3. The SMILES string of the molecule is CCC(C(=O)C(C(=O)CF)C(N)C(=O)OC(C)(C)C)c1ccnn(Cc2cccc(OC)c2)c1=O. The van der Waals surface area contributed by atoms with Crippen LogP contribution in [0.2, 0.25) is 0 Å². The number of ketones is 2. The van der Waals surface area contributed by atoms with Crippen molar-refractivity contribution in [2.75, 3.05) is 13.8 Å². The summed E-state index contributed by atoms with van der Waals surface area (Å²) >= 11 is 0. The number of halogens is 1. The Bertz CT molecular complexity index is 1120. The Morgan fingerprint density at radius 3 is 2.46 bits per heavy atom. The number of Topliss-reactive ketones (excluding diaryl/α,β-unsaturated/α-hetero) is 2. The number of aromatic nitrogens is 2. The first kappa shape index (κ1) is 27.8. The smallest absolute Gasteiger partial charge is 0.324 e. The Morgan fingerprint density at radius 1 is 1.20 bits per heavy atom. The standard InChI is InChI=1S/C25H32FN3O6/c1-6-17(22(31)20(19(30)13-26)21(27)24(33)35-25(2,3)4)18-10-11-28-29(23(18)32)14-15-8-7-9-16(12-15)34-5/h7-12,17,20-21H,6,13-14,27H2,1-5H3. The van der Waals surface area contributed by atoms with Gasteiger partial charge in [-0.3, -0.25) is 19.2 Å². The van der Waals surface area contributed by atoms with Gasteiger partial charge in [-0.1, -0.05) is 19.1 Å². The molecule has 2 N–H and O–H groups in total. The largest absolute Gasteiger partial charge is 0.497 e. The van der Waals surface area contributed by atoms with E-state index in [2.05, 4.69) is 5.10 Å². The zero-order valence-corrected chi connectivity index (χ0v) is 20.6.